The van der Waals surface area contributed by atoms with Gasteiger partial charge in [0.2, 0.25) is 11.8 Å². The number of piperidine rings is 1. The van der Waals surface area contributed by atoms with Crippen LogP contribution in [0.15, 0.2) is 24.3 Å². The maximum atomic E-state index is 12.2. The summed E-state index contributed by atoms with van der Waals surface area (Å²) in [7, 11) is 0. The predicted molar refractivity (Wildman–Crippen MR) is 106 cm³/mol. The Labute approximate surface area is 165 Å². The van der Waals surface area contributed by atoms with E-state index in [2.05, 4.69) is 15.5 Å². The maximum Gasteiger partial charge on any atom is 0.410 e. The second-order valence-electron chi connectivity index (χ2n) is 8.15. The van der Waals surface area contributed by atoms with Crippen molar-refractivity contribution in [3.8, 4) is 0 Å². The fraction of sp³-hybridized carbons (Fsp3) is 0.550. The van der Waals surface area contributed by atoms with Crippen LogP contribution < -0.4 is 15.5 Å². The first-order valence-corrected chi connectivity index (χ1v) is 9.64. The van der Waals surface area contributed by atoms with E-state index in [1.165, 1.54) is 0 Å². The van der Waals surface area contributed by atoms with Crippen molar-refractivity contribution in [2.24, 2.45) is 0 Å². The van der Waals surface area contributed by atoms with Gasteiger partial charge in [0, 0.05) is 44.0 Å². The molecule has 2 saturated heterocycles. The van der Waals surface area contributed by atoms with Crippen molar-refractivity contribution < 1.29 is 19.1 Å². The van der Waals surface area contributed by atoms with Gasteiger partial charge in [-0.3, -0.25) is 14.9 Å². The summed E-state index contributed by atoms with van der Waals surface area (Å²) in [5, 5.41) is 5.57. The van der Waals surface area contributed by atoms with Crippen LogP contribution in [0.1, 0.15) is 33.6 Å². The second kappa shape index (κ2) is 8.08. The summed E-state index contributed by atoms with van der Waals surface area (Å²) in [6.07, 6.45) is 0.555. The van der Waals surface area contributed by atoms with Gasteiger partial charge in [0.15, 0.2) is 0 Å². The molecule has 0 spiro atoms. The standard InChI is InChI=1S/C20H28N4O4/c1-20(2,3)28-19(27)24-11-9-23(10-12-24)15-6-4-5-14(13-15)21-16-7-8-17(25)22-18(16)26/h4-6,13,16,21H,7-12H2,1-3H3,(H,22,25,26). The number of carbonyl (C=O) groups excluding carboxylic acids is 3. The average molecular weight is 388 g/mol. The Kier molecular flexibility index (Phi) is 5.76. The van der Waals surface area contributed by atoms with E-state index in [1.54, 1.807) is 4.90 Å². The summed E-state index contributed by atoms with van der Waals surface area (Å²) in [5.41, 5.74) is 1.37. The minimum Gasteiger partial charge on any atom is -0.444 e. The number of ether oxygens (including phenoxy) is 1. The lowest BCUT2D eigenvalue weighted by Crippen LogP contribution is -2.50. The third-order valence-corrected chi connectivity index (χ3v) is 4.72. The molecule has 1 aromatic carbocycles. The number of imide groups is 1. The van der Waals surface area contributed by atoms with Crippen molar-refractivity contribution in [3.63, 3.8) is 0 Å². The molecular weight excluding hydrogens is 360 g/mol. The molecule has 1 unspecified atom stereocenters. The molecule has 2 N–H and O–H groups in total. The lowest BCUT2D eigenvalue weighted by Gasteiger charge is -2.37. The third-order valence-electron chi connectivity index (χ3n) is 4.72. The first kappa shape index (κ1) is 20.0. The zero-order valence-corrected chi connectivity index (χ0v) is 16.7. The number of amides is 3. The van der Waals surface area contributed by atoms with Crippen molar-refractivity contribution in [3.05, 3.63) is 24.3 Å². The second-order valence-corrected chi connectivity index (χ2v) is 8.15. The summed E-state index contributed by atoms with van der Waals surface area (Å²) in [6, 6.07) is 7.44. The molecule has 152 valence electrons. The lowest BCUT2D eigenvalue weighted by molar-refractivity contribution is -0.133. The zero-order chi connectivity index (χ0) is 20.3. The number of rotatable bonds is 3. The van der Waals surface area contributed by atoms with Gasteiger partial charge in [-0.15, -0.1) is 0 Å². The SMILES string of the molecule is CC(C)(C)OC(=O)N1CCN(c2cccc(NC3CCC(=O)NC3=O)c2)CC1. The Bertz CT molecular complexity index is 751. The minimum atomic E-state index is -0.496. The van der Waals surface area contributed by atoms with E-state index in [0.29, 0.717) is 39.0 Å². The molecule has 0 radical (unpaired) electrons. The highest BCUT2D eigenvalue weighted by atomic mass is 16.6. The minimum absolute atomic E-state index is 0.223. The number of nitrogens with zero attached hydrogens (tertiary/aromatic N) is 2. The number of nitrogens with one attached hydrogen (secondary N) is 2. The van der Waals surface area contributed by atoms with Gasteiger partial charge in [0.05, 0.1) is 0 Å². The highest BCUT2D eigenvalue weighted by Crippen LogP contribution is 2.23. The Morgan fingerprint density at radius 2 is 1.89 bits per heavy atom. The molecule has 0 bridgehead atoms. The maximum absolute atomic E-state index is 12.2. The van der Waals surface area contributed by atoms with Gasteiger partial charge < -0.3 is 19.9 Å². The number of piperazine rings is 1. The molecular formula is C20H28N4O4. The largest absolute Gasteiger partial charge is 0.444 e. The van der Waals surface area contributed by atoms with Crippen LogP contribution >= 0.6 is 0 Å². The smallest absolute Gasteiger partial charge is 0.410 e. The van der Waals surface area contributed by atoms with Gasteiger partial charge >= 0.3 is 6.09 Å². The zero-order valence-electron chi connectivity index (χ0n) is 16.7. The molecule has 3 amide bonds. The van der Waals surface area contributed by atoms with Crippen LogP contribution in [-0.4, -0.2) is 60.6 Å². The number of hydrogen-bond donors (Lipinski definition) is 2. The van der Waals surface area contributed by atoms with Crippen molar-refractivity contribution in [2.75, 3.05) is 36.4 Å². The van der Waals surface area contributed by atoms with Gasteiger partial charge in [-0.1, -0.05) is 6.07 Å². The Morgan fingerprint density at radius 1 is 1.18 bits per heavy atom. The normalized spacial score (nSPS) is 20.6. The van der Waals surface area contributed by atoms with Gasteiger partial charge in [0.1, 0.15) is 11.6 Å². The third kappa shape index (κ3) is 5.15. The summed E-state index contributed by atoms with van der Waals surface area (Å²) in [6.45, 7) is 8.20. The summed E-state index contributed by atoms with van der Waals surface area (Å²) in [4.78, 5) is 39.4. The van der Waals surface area contributed by atoms with E-state index >= 15 is 0 Å². The van der Waals surface area contributed by atoms with Crippen molar-refractivity contribution in [1.82, 2.24) is 10.2 Å². The highest BCUT2D eigenvalue weighted by molar-refractivity contribution is 6.01. The monoisotopic (exact) mass is 388 g/mol. The summed E-state index contributed by atoms with van der Waals surface area (Å²) >= 11 is 0. The van der Waals surface area contributed by atoms with E-state index in [4.69, 9.17) is 4.74 Å². The highest BCUT2D eigenvalue weighted by Gasteiger charge is 2.27. The van der Waals surface area contributed by atoms with E-state index in [9.17, 15) is 14.4 Å². The molecule has 28 heavy (non-hydrogen) atoms. The van der Waals surface area contributed by atoms with E-state index in [0.717, 1.165) is 11.4 Å². The number of hydrogen-bond acceptors (Lipinski definition) is 6. The molecule has 2 aliphatic rings. The number of benzene rings is 1. The van der Waals surface area contributed by atoms with Crippen LogP contribution in [0.4, 0.5) is 16.2 Å². The Morgan fingerprint density at radius 3 is 2.54 bits per heavy atom. The number of carbonyl (C=O) groups is 3. The van der Waals surface area contributed by atoms with Gasteiger partial charge in [0.25, 0.3) is 0 Å². The fourth-order valence-electron chi connectivity index (χ4n) is 3.30. The lowest BCUT2D eigenvalue weighted by atomic mass is 10.1. The van der Waals surface area contributed by atoms with Crippen LogP contribution in [0.2, 0.25) is 0 Å². The predicted octanol–water partition coefficient (Wildman–Crippen LogP) is 1.96. The average Bonchev–Trinajstić information content (AvgIpc) is 2.63. The molecule has 8 nitrogen and oxygen atoms in total. The molecule has 2 aliphatic heterocycles. The first-order valence-electron chi connectivity index (χ1n) is 9.64. The molecule has 3 rings (SSSR count). The molecule has 2 heterocycles. The molecule has 1 atom stereocenters. The van der Waals surface area contributed by atoms with E-state index in [1.807, 2.05) is 45.0 Å². The van der Waals surface area contributed by atoms with Crippen LogP contribution in [0.5, 0.6) is 0 Å². The molecule has 2 fully saturated rings. The van der Waals surface area contributed by atoms with Crippen molar-refractivity contribution in [2.45, 2.75) is 45.3 Å². The van der Waals surface area contributed by atoms with Crippen molar-refractivity contribution >= 4 is 29.3 Å². The molecule has 0 saturated carbocycles. The van der Waals surface area contributed by atoms with Crippen LogP contribution in [0.25, 0.3) is 0 Å². The topological polar surface area (TPSA) is 91.0 Å². The Balaban J connectivity index is 1.57. The number of anilines is 2. The van der Waals surface area contributed by atoms with Crippen molar-refractivity contribution in [1.29, 1.82) is 0 Å². The first-order chi connectivity index (χ1) is 13.2. The molecule has 8 heteroatoms. The fourth-order valence-corrected chi connectivity index (χ4v) is 3.30. The summed E-state index contributed by atoms with van der Waals surface area (Å²) < 4.78 is 5.44. The van der Waals surface area contributed by atoms with Gasteiger partial charge in [-0.25, -0.2) is 4.79 Å². The van der Waals surface area contributed by atoms with E-state index in [-0.39, 0.29) is 17.9 Å². The molecule has 0 aliphatic carbocycles. The Hall–Kier alpha value is -2.77. The van der Waals surface area contributed by atoms with Gasteiger partial charge in [-0.2, -0.15) is 0 Å². The summed E-state index contributed by atoms with van der Waals surface area (Å²) in [5.74, 6) is -0.507. The van der Waals surface area contributed by atoms with Gasteiger partial charge in [-0.05, 0) is 45.4 Å². The van der Waals surface area contributed by atoms with Crippen LogP contribution in [-0.2, 0) is 14.3 Å². The van der Waals surface area contributed by atoms with Crippen LogP contribution in [0.3, 0.4) is 0 Å². The molecule has 0 aromatic heterocycles. The quantitative estimate of drug-likeness (QED) is 0.770. The van der Waals surface area contributed by atoms with E-state index < -0.39 is 11.6 Å². The van der Waals surface area contributed by atoms with Crippen LogP contribution in [0, 0.1) is 0 Å². The molecule has 1 aromatic rings.